The number of rotatable bonds is 3. The number of piperazine rings is 1. The zero-order chi connectivity index (χ0) is 18.4. The second-order valence-electron chi connectivity index (χ2n) is 6.07. The number of nitrogens with zero attached hydrogens (tertiary/aromatic N) is 3. The van der Waals surface area contributed by atoms with Gasteiger partial charge < -0.3 is 15.5 Å². The highest BCUT2D eigenvalue weighted by Crippen LogP contribution is 2.16. The SMILES string of the molecule is Cl.NC(=NCc1ccccc1)NC(=O)N1CCN(c2ccc(F)cc2)CC1. The summed E-state index contributed by atoms with van der Waals surface area (Å²) >= 11 is 0. The number of amides is 2. The summed E-state index contributed by atoms with van der Waals surface area (Å²) in [5.41, 5.74) is 7.79. The van der Waals surface area contributed by atoms with Gasteiger partial charge in [-0.3, -0.25) is 5.32 Å². The van der Waals surface area contributed by atoms with E-state index in [0.29, 0.717) is 32.7 Å². The van der Waals surface area contributed by atoms with Gasteiger partial charge >= 0.3 is 6.03 Å². The molecular formula is C19H23ClFN5O. The molecule has 2 amide bonds. The molecule has 0 aromatic heterocycles. The fraction of sp³-hybridized carbons (Fsp3) is 0.263. The highest BCUT2D eigenvalue weighted by atomic mass is 35.5. The molecule has 1 saturated heterocycles. The van der Waals surface area contributed by atoms with Crippen LogP contribution < -0.4 is 16.0 Å². The van der Waals surface area contributed by atoms with Crippen molar-refractivity contribution < 1.29 is 9.18 Å². The number of carbonyl (C=O) groups excluding carboxylic acids is 1. The van der Waals surface area contributed by atoms with Crippen molar-refractivity contribution in [3.8, 4) is 0 Å². The van der Waals surface area contributed by atoms with Gasteiger partial charge in [-0.15, -0.1) is 12.4 Å². The number of nitrogens with one attached hydrogen (secondary N) is 1. The summed E-state index contributed by atoms with van der Waals surface area (Å²) in [6, 6.07) is 15.8. The Kier molecular flexibility index (Phi) is 7.43. The maximum Gasteiger partial charge on any atom is 0.324 e. The largest absolute Gasteiger partial charge is 0.370 e. The molecule has 8 heteroatoms. The van der Waals surface area contributed by atoms with Crippen LogP contribution in [0.15, 0.2) is 59.6 Å². The summed E-state index contributed by atoms with van der Waals surface area (Å²) in [5, 5.41) is 2.63. The Labute approximate surface area is 164 Å². The molecule has 144 valence electrons. The third-order valence-electron chi connectivity index (χ3n) is 4.27. The van der Waals surface area contributed by atoms with Crippen molar-refractivity contribution in [2.75, 3.05) is 31.1 Å². The molecule has 3 rings (SSSR count). The molecule has 0 aliphatic carbocycles. The minimum atomic E-state index is -0.253. The van der Waals surface area contributed by atoms with Crippen molar-refractivity contribution in [3.63, 3.8) is 0 Å². The number of hydrogen-bond donors (Lipinski definition) is 2. The standard InChI is InChI=1S/C19H22FN5O.ClH/c20-16-6-8-17(9-7-16)24-10-12-25(13-11-24)19(26)23-18(21)22-14-15-4-2-1-3-5-15;/h1-9H,10-14H2,(H3,21,22,23,26);1H. The van der Waals surface area contributed by atoms with E-state index in [9.17, 15) is 9.18 Å². The molecule has 0 atom stereocenters. The first-order chi connectivity index (χ1) is 12.6. The van der Waals surface area contributed by atoms with E-state index in [2.05, 4.69) is 15.2 Å². The van der Waals surface area contributed by atoms with Gasteiger partial charge in [-0.25, -0.2) is 14.2 Å². The summed E-state index contributed by atoms with van der Waals surface area (Å²) < 4.78 is 13.0. The number of benzene rings is 2. The number of carbonyl (C=O) groups is 1. The molecule has 0 unspecified atom stereocenters. The molecule has 0 radical (unpaired) electrons. The van der Waals surface area contributed by atoms with Crippen molar-refractivity contribution in [3.05, 3.63) is 66.0 Å². The van der Waals surface area contributed by atoms with E-state index in [4.69, 9.17) is 5.73 Å². The monoisotopic (exact) mass is 391 g/mol. The quantitative estimate of drug-likeness (QED) is 0.624. The van der Waals surface area contributed by atoms with E-state index < -0.39 is 0 Å². The molecule has 6 nitrogen and oxygen atoms in total. The van der Waals surface area contributed by atoms with Crippen LogP contribution in [0.25, 0.3) is 0 Å². The van der Waals surface area contributed by atoms with Crippen LogP contribution in [-0.4, -0.2) is 43.1 Å². The fourth-order valence-electron chi connectivity index (χ4n) is 2.81. The Hall–Kier alpha value is -2.80. The zero-order valence-electron chi connectivity index (χ0n) is 14.8. The van der Waals surface area contributed by atoms with Crippen molar-refractivity contribution in [1.29, 1.82) is 0 Å². The molecule has 1 aliphatic rings. The first-order valence-electron chi connectivity index (χ1n) is 8.52. The van der Waals surface area contributed by atoms with Crippen LogP contribution in [0.1, 0.15) is 5.56 Å². The third kappa shape index (κ3) is 5.86. The number of halogens is 2. The molecule has 1 fully saturated rings. The minimum absolute atomic E-state index is 0. The van der Waals surface area contributed by atoms with Gasteiger partial charge in [0.25, 0.3) is 0 Å². The van der Waals surface area contributed by atoms with Crippen LogP contribution in [0.5, 0.6) is 0 Å². The first-order valence-corrected chi connectivity index (χ1v) is 8.52. The third-order valence-corrected chi connectivity index (χ3v) is 4.27. The van der Waals surface area contributed by atoms with Gasteiger partial charge in [0.2, 0.25) is 0 Å². The number of anilines is 1. The summed E-state index contributed by atoms with van der Waals surface area (Å²) in [7, 11) is 0. The van der Waals surface area contributed by atoms with E-state index >= 15 is 0 Å². The van der Waals surface area contributed by atoms with E-state index in [1.165, 1.54) is 12.1 Å². The van der Waals surface area contributed by atoms with Crippen LogP contribution in [-0.2, 0) is 6.54 Å². The molecule has 1 heterocycles. The Morgan fingerprint density at radius 2 is 1.67 bits per heavy atom. The van der Waals surface area contributed by atoms with E-state index in [0.717, 1.165) is 11.3 Å². The highest BCUT2D eigenvalue weighted by molar-refractivity contribution is 5.95. The Morgan fingerprint density at radius 3 is 2.30 bits per heavy atom. The van der Waals surface area contributed by atoms with Crippen molar-refractivity contribution in [1.82, 2.24) is 10.2 Å². The molecule has 27 heavy (non-hydrogen) atoms. The maximum atomic E-state index is 13.0. The van der Waals surface area contributed by atoms with Crippen LogP contribution in [0, 0.1) is 5.82 Å². The second-order valence-corrected chi connectivity index (χ2v) is 6.07. The lowest BCUT2D eigenvalue weighted by Crippen LogP contribution is -2.54. The van der Waals surface area contributed by atoms with Gasteiger partial charge in [-0.2, -0.15) is 0 Å². The summed E-state index contributed by atoms with van der Waals surface area (Å²) in [6.45, 7) is 2.91. The Morgan fingerprint density at radius 1 is 1.04 bits per heavy atom. The van der Waals surface area contributed by atoms with Gasteiger partial charge in [0.05, 0.1) is 6.54 Å². The summed E-state index contributed by atoms with van der Waals surface area (Å²) in [5.74, 6) is -0.142. The molecular weight excluding hydrogens is 369 g/mol. The van der Waals surface area contributed by atoms with E-state index in [1.54, 1.807) is 17.0 Å². The van der Waals surface area contributed by atoms with Crippen LogP contribution in [0.4, 0.5) is 14.9 Å². The van der Waals surface area contributed by atoms with Gasteiger partial charge in [-0.05, 0) is 29.8 Å². The van der Waals surface area contributed by atoms with Gasteiger partial charge in [0.15, 0.2) is 5.96 Å². The van der Waals surface area contributed by atoms with Crippen molar-refractivity contribution >= 4 is 30.1 Å². The summed E-state index contributed by atoms with van der Waals surface area (Å²) in [4.78, 5) is 20.3. The number of nitrogens with two attached hydrogens (primary N) is 1. The fourth-order valence-corrected chi connectivity index (χ4v) is 2.81. The number of urea groups is 1. The predicted molar refractivity (Wildman–Crippen MR) is 108 cm³/mol. The maximum absolute atomic E-state index is 13.0. The lowest BCUT2D eigenvalue weighted by atomic mass is 10.2. The molecule has 1 aliphatic heterocycles. The van der Waals surface area contributed by atoms with E-state index in [1.807, 2.05) is 30.3 Å². The van der Waals surface area contributed by atoms with Crippen molar-refractivity contribution in [2.24, 2.45) is 10.7 Å². The molecule has 3 N–H and O–H groups in total. The van der Waals surface area contributed by atoms with Gasteiger partial charge in [0.1, 0.15) is 5.82 Å². The lowest BCUT2D eigenvalue weighted by Gasteiger charge is -2.36. The molecule has 0 saturated carbocycles. The first kappa shape index (κ1) is 20.5. The van der Waals surface area contributed by atoms with E-state index in [-0.39, 0.29) is 30.2 Å². The van der Waals surface area contributed by atoms with Crippen LogP contribution in [0.2, 0.25) is 0 Å². The number of guanidine groups is 1. The molecule has 2 aromatic carbocycles. The molecule has 0 spiro atoms. The smallest absolute Gasteiger partial charge is 0.324 e. The average molecular weight is 392 g/mol. The lowest BCUT2D eigenvalue weighted by molar-refractivity contribution is 0.199. The average Bonchev–Trinajstić information content (AvgIpc) is 2.68. The van der Waals surface area contributed by atoms with Crippen molar-refractivity contribution in [2.45, 2.75) is 6.54 Å². The van der Waals surface area contributed by atoms with Gasteiger partial charge in [0, 0.05) is 31.9 Å². The Balaban J connectivity index is 0.00000261. The minimum Gasteiger partial charge on any atom is -0.370 e. The van der Waals surface area contributed by atoms with Gasteiger partial charge in [-0.1, -0.05) is 30.3 Å². The highest BCUT2D eigenvalue weighted by Gasteiger charge is 2.21. The topological polar surface area (TPSA) is 74.0 Å². The van der Waals surface area contributed by atoms with Crippen LogP contribution in [0.3, 0.4) is 0 Å². The second kappa shape index (κ2) is 9.78. The molecule has 0 bridgehead atoms. The number of hydrogen-bond acceptors (Lipinski definition) is 3. The van der Waals surface area contributed by atoms with Crippen LogP contribution >= 0.6 is 12.4 Å². The Bertz CT molecular complexity index is 761. The predicted octanol–water partition coefficient (Wildman–Crippen LogP) is 2.59. The molecule has 2 aromatic rings. The normalized spacial score (nSPS) is 14.5. The zero-order valence-corrected chi connectivity index (χ0v) is 15.7. The number of aliphatic imine (C=N–C) groups is 1. The summed E-state index contributed by atoms with van der Waals surface area (Å²) in [6.07, 6.45) is 0.